The van der Waals surface area contributed by atoms with Gasteiger partial charge in [0.15, 0.2) is 0 Å². The number of rotatable bonds is 4. The van der Waals surface area contributed by atoms with Crippen molar-refractivity contribution in [2.24, 2.45) is 11.7 Å². The Hall–Kier alpha value is -0.320. The Morgan fingerprint density at radius 1 is 1.53 bits per heavy atom. The zero-order chi connectivity index (χ0) is 12.1. The number of halogens is 1. The van der Waals surface area contributed by atoms with Gasteiger partial charge < -0.3 is 15.7 Å². The van der Waals surface area contributed by atoms with Crippen LogP contribution in [-0.4, -0.2) is 41.7 Å². The molecular formula is C12H25ClN2O2. The van der Waals surface area contributed by atoms with Crippen molar-refractivity contribution >= 4 is 18.3 Å². The maximum absolute atomic E-state index is 12.0. The summed E-state index contributed by atoms with van der Waals surface area (Å²) in [5, 5.41) is 9.18. The molecule has 0 saturated heterocycles. The summed E-state index contributed by atoms with van der Waals surface area (Å²) in [4.78, 5) is 13.8. The molecule has 0 radical (unpaired) electrons. The average Bonchev–Trinajstić information content (AvgIpc) is 2.24. The molecule has 0 aliphatic heterocycles. The topological polar surface area (TPSA) is 66.6 Å². The highest BCUT2D eigenvalue weighted by Crippen LogP contribution is 2.24. The molecule has 1 saturated carbocycles. The van der Waals surface area contributed by atoms with E-state index in [2.05, 4.69) is 0 Å². The first kappa shape index (κ1) is 16.7. The van der Waals surface area contributed by atoms with Crippen LogP contribution < -0.4 is 5.73 Å². The van der Waals surface area contributed by atoms with Gasteiger partial charge in [-0.2, -0.15) is 0 Å². The quantitative estimate of drug-likeness (QED) is 0.801. The van der Waals surface area contributed by atoms with Crippen LogP contribution in [0.5, 0.6) is 0 Å². The second kappa shape index (κ2) is 7.90. The van der Waals surface area contributed by atoms with Crippen LogP contribution in [0, 0.1) is 5.92 Å². The van der Waals surface area contributed by atoms with Crippen molar-refractivity contribution in [3.63, 3.8) is 0 Å². The first-order valence-electron chi connectivity index (χ1n) is 6.19. The van der Waals surface area contributed by atoms with Crippen molar-refractivity contribution < 1.29 is 9.90 Å². The minimum absolute atomic E-state index is 0. The van der Waals surface area contributed by atoms with Crippen molar-refractivity contribution in [3.8, 4) is 0 Å². The van der Waals surface area contributed by atoms with Gasteiger partial charge in [-0.15, -0.1) is 12.4 Å². The molecule has 1 aliphatic rings. The predicted molar refractivity (Wildman–Crippen MR) is 71.1 cm³/mol. The minimum Gasteiger partial charge on any atom is -0.393 e. The normalized spacial score (nSPS) is 25.9. The summed E-state index contributed by atoms with van der Waals surface area (Å²) in [7, 11) is 1.81. The zero-order valence-electron chi connectivity index (χ0n) is 10.8. The molecule has 0 bridgehead atoms. The third-order valence-electron chi connectivity index (χ3n) is 3.32. The third kappa shape index (κ3) is 5.70. The number of hydrogen-bond acceptors (Lipinski definition) is 3. The molecule has 4 nitrogen and oxygen atoms in total. The predicted octanol–water partition coefficient (Wildman–Crippen LogP) is 1.15. The Labute approximate surface area is 110 Å². The molecule has 17 heavy (non-hydrogen) atoms. The van der Waals surface area contributed by atoms with Crippen LogP contribution in [0.4, 0.5) is 0 Å². The number of nitrogens with zero attached hydrogens (tertiary/aromatic N) is 1. The first-order chi connectivity index (χ1) is 7.50. The van der Waals surface area contributed by atoms with Crippen LogP contribution in [0.1, 0.15) is 39.0 Å². The van der Waals surface area contributed by atoms with E-state index in [1.54, 1.807) is 11.8 Å². The Morgan fingerprint density at radius 3 is 2.71 bits per heavy atom. The van der Waals surface area contributed by atoms with E-state index in [4.69, 9.17) is 5.73 Å². The molecule has 0 spiro atoms. The highest BCUT2D eigenvalue weighted by Gasteiger charge is 2.27. The van der Waals surface area contributed by atoms with Crippen molar-refractivity contribution in [2.75, 3.05) is 13.6 Å². The molecule has 3 atom stereocenters. The lowest BCUT2D eigenvalue weighted by molar-refractivity contribution is -0.135. The number of aliphatic hydroxyl groups excluding tert-OH is 1. The molecule has 0 aromatic heterocycles. The molecule has 0 aromatic carbocycles. The molecule has 5 heteroatoms. The molecular weight excluding hydrogens is 240 g/mol. The van der Waals surface area contributed by atoms with Gasteiger partial charge in [-0.1, -0.05) is 6.42 Å². The van der Waals surface area contributed by atoms with Crippen molar-refractivity contribution in [3.05, 3.63) is 0 Å². The summed E-state index contributed by atoms with van der Waals surface area (Å²) >= 11 is 0. The van der Waals surface area contributed by atoms with E-state index in [0.29, 0.717) is 13.0 Å². The smallest absolute Gasteiger partial charge is 0.225 e. The van der Waals surface area contributed by atoms with Crippen LogP contribution in [-0.2, 0) is 4.79 Å². The maximum Gasteiger partial charge on any atom is 0.225 e. The lowest BCUT2D eigenvalue weighted by Crippen LogP contribution is -2.39. The summed E-state index contributed by atoms with van der Waals surface area (Å²) < 4.78 is 0. The SMILES string of the molecule is CC(O)CCN(C)C(=O)C1CCCC(N)C1.Cl. The molecule has 1 aliphatic carbocycles. The monoisotopic (exact) mass is 264 g/mol. The standard InChI is InChI=1S/C12H24N2O2.ClH/c1-9(15)6-7-14(2)12(16)10-4-3-5-11(13)8-10;/h9-11,15H,3-8,13H2,1-2H3;1H. The minimum atomic E-state index is -0.344. The highest BCUT2D eigenvalue weighted by atomic mass is 35.5. The number of aliphatic hydroxyl groups is 1. The second-order valence-corrected chi connectivity index (χ2v) is 5.02. The summed E-state index contributed by atoms with van der Waals surface area (Å²) in [6.07, 6.45) is 4.18. The molecule has 1 fully saturated rings. The van der Waals surface area contributed by atoms with E-state index in [-0.39, 0.29) is 36.4 Å². The van der Waals surface area contributed by atoms with Gasteiger partial charge in [-0.05, 0) is 32.6 Å². The van der Waals surface area contributed by atoms with Gasteiger partial charge in [-0.25, -0.2) is 0 Å². The van der Waals surface area contributed by atoms with Crippen LogP contribution in [0.3, 0.4) is 0 Å². The van der Waals surface area contributed by atoms with Gasteiger partial charge >= 0.3 is 0 Å². The number of hydrogen-bond donors (Lipinski definition) is 2. The summed E-state index contributed by atoms with van der Waals surface area (Å²) in [5.74, 6) is 0.290. The van der Waals surface area contributed by atoms with E-state index < -0.39 is 0 Å². The Morgan fingerprint density at radius 2 is 2.18 bits per heavy atom. The molecule has 1 amide bonds. The summed E-state index contributed by atoms with van der Waals surface area (Å²) in [6.45, 7) is 2.37. The Balaban J connectivity index is 0.00000256. The molecule has 102 valence electrons. The number of nitrogens with two attached hydrogens (primary N) is 1. The Bertz CT molecular complexity index is 237. The van der Waals surface area contributed by atoms with Crippen LogP contribution in [0.15, 0.2) is 0 Å². The number of carbonyl (C=O) groups excluding carboxylic acids is 1. The molecule has 3 unspecified atom stereocenters. The van der Waals surface area contributed by atoms with Gasteiger partial charge in [0.2, 0.25) is 5.91 Å². The third-order valence-corrected chi connectivity index (χ3v) is 3.32. The van der Waals surface area contributed by atoms with Crippen LogP contribution in [0.25, 0.3) is 0 Å². The molecule has 3 N–H and O–H groups in total. The molecule has 1 rings (SSSR count). The number of amides is 1. The summed E-state index contributed by atoms with van der Waals surface area (Å²) in [5.41, 5.74) is 5.87. The summed E-state index contributed by atoms with van der Waals surface area (Å²) in [6, 6.07) is 0.188. The Kier molecular flexibility index (Phi) is 7.75. The van der Waals surface area contributed by atoms with E-state index in [9.17, 15) is 9.90 Å². The fourth-order valence-electron chi connectivity index (χ4n) is 2.25. The second-order valence-electron chi connectivity index (χ2n) is 5.02. The lowest BCUT2D eigenvalue weighted by atomic mass is 9.85. The lowest BCUT2D eigenvalue weighted by Gasteiger charge is -2.29. The van der Waals surface area contributed by atoms with Crippen molar-refractivity contribution in [2.45, 2.75) is 51.2 Å². The number of carbonyl (C=O) groups is 1. The van der Waals surface area contributed by atoms with E-state index in [1.807, 2.05) is 7.05 Å². The van der Waals surface area contributed by atoms with Gasteiger partial charge in [0.25, 0.3) is 0 Å². The van der Waals surface area contributed by atoms with Crippen LogP contribution >= 0.6 is 12.4 Å². The van der Waals surface area contributed by atoms with E-state index in [0.717, 1.165) is 25.7 Å². The van der Waals surface area contributed by atoms with Gasteiger partial charge in [0.05, 0.1) is 6.10 Å². The van der Waals surface area contributed by atoms with Crippen LogP contribution in [0.2, 0.25) is 0 Å². The zero-order valence-corrected chi connectivity index (χ0v) is 11.6. The maximum atomic E-state index is 12.0. The van der Waals surface area contributed by atoms with Crippen molar-refractivity contribution in [1.82, 2.24) is 4.90 Å². The van der Waals surface area contributed by atoms with Gasteiger partial charge in [-0.3, -0.25) is 4.79 Å². The van der Waals surface area contributed by atoms with Crippen molar-refractivity contribution in [1.29, 1.82) is 0 Å². The fraction of sp³-hybridized carbons (Fsp3) is 0.917. The molecule has 0 aromatic rings. The largest absolute Gasteiger partial charge is 0.393 e. The van der Waals surface area contributed by atoms with Gasteiger partial charge in [0, 0.05) is 25.6 Å². The first-order valence-corrected chi connectivity index (χ1v) is 6.19. The van der Waals surface area contributed by atoms with E-state index in [1.165, 1.54) is 0 Å². The highest BCUT2D eigenvalue weighted by molar-refractivity contribution is 5.85. The molecule has 0 heterocycles. The fourth-order valence-corrected chi connectivity index (χ4v) is 2.25. The average molecular weight is 265 g/mol. The van der Waals surface area contributed by atoms with E-state index >= 15 is 0 Å². The van der Waals surface area contributed by atoms with Gasteiger partial charge in [0.1, 0.15) is 0 Å².